The molecule has 0 aromatic heterocycles. The van der Waals surface area contributed by atoms with Gasteiger partial charge in [-0.15, -0.1) is 0 Å². The Balaban J connectivity index is 1.88. The maximum Gasteiger partial charge on any atom is 0.277 e. The van der Waals surface area contributed by atoms with Gasteiger partial charge in [-0.2, -0.15) is 5.10 Å². The third-order valence-corrected chi connectivity index (χ3v) is 4.66. The summed E-state index contributed by atoms with van der Waals surface area (Å²) in [6.45, 7) is 8.45. The number of unbranched alkanes of at least 4 members (excludes halogenated alkanes) is 2. The fraction of sp³-hybridized carbons (Fsp3) is 0.545. The van der Waals surface area contributed by atoms with E-state index in [1.54, 1.807) is 0 Å². The molecule has 0 fully saturated rings. The number of nitrogens with zero attached hydrogens (tertiary/aromatic N) is 1. The molecule has 1 N–H and O–H groups in total. The second-order valence-electron chi connectivity index (χ2n) is 7.30. The molecule has 0 saturated heterocycles. The van der Waals surface area contributed by atoms with Crippen LogP contribution in [0.3, 0.4) is 0 Å². The Labute approximate surface area is 157 Å². The van der Waals surface area contributed by atoms with Crippen LogP contribution in [0.25, 0.3) is 0 Å². The molecule has 0 spiro atoms. The Kier molecular flexibility index (Phi) is 7.89. The highest BCUT2D eigenvalue weighted by Crippen LogP contribution is 2.27. The number of benzene rings is 1. The summed E-state index contributed by atoms with van der Waals surface area (Å²) in [5, 5.41) is 4.34. The lowest BCUT2D eigenvalue weighted by Crippen LogP contribution is -2.26. The minimum absolute atomic E-state index is 0.0190. The van der Waals surface area contributed by atoms with E-state index in [0.717, 1.165) is 41.9 Å². The molecule has 0 aliphatic heterocycles. The van der Waals surface area contributed by atoms with E-state index in [4.69, 9.17) is 4.74 Å². The van der Waals surface area contributed by atoms with Crippen LogP contribution in [0.15, 0.2) is 34.9 Å². The van der Waals surface area contributed by atoms with E-state index in [9.17, 15) is 4.79 Å². The van der Waals surface area contributed by atoms with Gasteiger partial charge < -0.3 is 4.74 Å². The van der Waals surface area contributed by atoms with E-state index in [0.29, 0.717) is 5.92 Å². The number of hydrazone groups is 1. The molecule has 2 rings (SSSR count). The van der Waals surface area contributed by atoms with E-state index < -0.39 is 0 Å². The van der Waals surface area contributed by atoms with Crippen LogP contribution < -0.4 is 10.2 Å². The summed E-state index contributed by atoms with van der Waals surface area (Å²) in [6, 6.07) is 6.13. The molecule has 0 bridgehead atoms. The second-order valence-corrected chi connectivity index (χ2v) is 7.30. The molecule has 1 aromatic carbocycles. The van der Waals surface area contributed by atoms with Crippen molar-refractivity contribution in [3.05, 3.63) is 41.0 Å². The van der Waals surface area contributed by atoms with Crippen LogP contribution in [0.5, 0.6) is 5.75 Å². The molecule has 1 aromatic rings. The smallest absolute Gasteiger partial charge is 0.277 e. The van der Waals surface area contributed by atoms with Gasteiger partial charge in [-0.05, 0) is 61.3 Å². The van der Waals surface area contributed by atoms with Crippen molar-refractivity contribution in [2.75, 3.05) is 6.61 Å². The second kappa shape index (κ2) is 10.1. The van der Waals surface area contributed by atoms with Crippen molar-refractivity contribution < 1.29 is 9.53 Å². The fourth-order valence-electron chi connectivity index (χ4n) is 3.15. The molecular weight excluding hydrogens is 324 g/mol. The van der Waals surface area contributed by atoms with Gasteiger partial charge in [0, 0.05) is 0 Å². The summed E-state index contributed by atoms with van der Waals surface area (Å²) in [5.41, 5.74) is 7.22. The first kappa shape index (κ1) is 20.2. The minimum atomic E-state index is -0.214. The summed E-state index contributed by atoms with van der Waals surface area (Å²) >= 11 is 0. The van der Waals surface area contributed by atoms with Gasteiger partial charge in [0.2, 0.25) is 0 Å². The first-order chi connectivity index (χ1) is 12.5. The van der Waals surface area contributed by atoms with E-state index in [-0.39, 0.29) is 12.5 Å². The molecule has 0 radical (unpaired) electrons. The van der Waals surface area contributed by atoms with Gasteiger partial charge in [0.15, 0.2) is 6.61 Å². The average molecular weight is 357 g/mol. The fourth-order valence-corrected chi connectivity index (χ4v) is 3.15. The maximum absolute atomic E-state index is 12.1. The van der Waals surface area contributed by atoms with Gasteiger partial charge in [-0.3, -0.25) is 4.79 Å². The van der Waals surface area contributed by atoms with E-state index in [1.807, 2.05) is 13.0 Å². The maximum atomic E-state index is 12.1. The van der Waals surface area contributed by atoms with Crippen molar-refractivity contribution in [2.24, 2.45) is 5.10 Å². The summed E-state index contributed by atoms with van der Waals surface area (Å²) in [6.07, 6.45) is 8.87. The molecule has 0 unspecified atom stereocenters. The Bertz CT molecular complexity index is 675. The molecule has 4 nitrogen and oxygen atoms in total. The number of allylic oxidation sites excluding steroid dienone is 2. The summed E-state index contributed by atoms with van der Waals surface area (Å²) in [7, 11) is 0. The Morgan fingerprint density at radius 3 is 2.85 bits per heavy atom. The zero-order valence-electron chi connectivity index (χ0n) is 16.6. The molecule has 1 aliphatic carbocycles. The first-order valence-electron chi connectivity index (χ1n) is 9.79. The highest BCUT2D eigenvalue weighted by atomic mass is 16.5. The van der Waals surface area contributed by atoms with Crippen LogP contribution in [0.1, 0.15) is 76.3 Å². The zero-order valence-corrected chi connectivity index (χ0v) is 16.6. The van der Waals surface area contributed by atoms with E-state index in [1.165, 1.54) is 24.8 Å². The van der Waals surface area contributed by atoms with Crippen LogP contribution in [0.2, 0.25) is 0 Å². The van der Waals surface area contributed by atoms with Crippen LogP contribution in [-0.2, 0) is 4.79 Å². The lowest BCUT2D eigenvalue weighted by molar-refractivity contribution is -0.123. The van der Waals surface area contributed by atoms with Crippen molar-refractivity contribution in [2.45, 2.75) is 72.1 Å². The SMILES string of the molecule is CCCCCC1=CCC/C1=N/NC(=O)COc1cc(C)ccc1C(C)C. The van der Waals surface area contributed by atoms with Gasteiger partial charge in [-0.1, -0.05) is 51.8 Å². The minimum Gasteiger partial charge on any atom is -0.483 e. The third-order valence-electron chi connectivity index (χ3n) is 4.66. The normalized spacial score (nSPS) is 15.4. The number of nitrogens with one attached hydrogen (secondary N) is 1. The lowest BCUT2D eigenvalue weighted by atomic mass is 10.0. The number of carbonyl (C=O) groups is 1. The van der Waals surface area contributed by atoms with Crippen molar-refractivity contribution >= 4 is 11.6 Å². The van der Waals surface area contributed by atoms with Gasteiger partial charge in [0.25, 0.3) is 5.91 Å². The predicted molar refractivity (Wildman–Crippen MR) is 108 cm³/mol. The molecule has 0 atom stereocenters. The quantitative estimate of drug-likeness (QED) is 0.484. The number of hydrogen-bond donors (Lipinski definition) is 1. The van der Waals surface area contributed by atoms with Gasteiger partial charge >= 0.3 is 0 Å². The predicted octanol–water partition coefficient (Wildman–Crippen LogP) is 5.27. The molecule has 0 saturated carbocycles. The lowest BCUT2D eigenvalue weighted by Gasteiger charge is -2.14. The van der Waals surface area contributed by atoms with E-state index in [2.05, 4.69) is 49.5 Å². The average Bonchev–Trinajstić information content (AvgIpc) is 3.05. The standard InChI is InChI=1S/C22H32N2O2/c1-5-6-7-9-18-10-8-11-20(18)23-24-22(25)15-26-21-14-17(4)12-13-19(21)16(2)3/h10,12-14,16H,5-9,11,15H2,1-4H3,(H,24,25)/b23-20-. The van der Waals surface area contributed by atoms with E-state index >= 15 is 0 Å². The summed E-state index contributed by atoms with van der Waals surface area (Å²) in [5.74, 6) is 0.917. The van der Waals surface area contributed by atoms with Gasteiger partial charge in [0.1, 0.15) is 5.75 Å². The van der Waals surface area contributed by atoms with Crippen LogP contribution >= 0.6 is 0 Å². The highest BCUT2D eigenvalue weighted by Gasteiger charge is 2.14. The zero-order chi connectivity index (χ0) is 18.9. The Morgan fingerprint density at radius 1 is 1.31 bits per heavy atom. The molecular formula is C22H32N2O2. The topological polar surface area (TPSA) is 50.7 Å². The Morgan fingerprint density at radius 2 is 2.12 bits per heavy atom. The molecule has 142 valence electrons. The molecule has 1 aliphatic rings. The molecule has 4 heteroatoms. The number of ether oxygens (including phenoxy) is 1. The van der Waals surface area contributed by atoms with Gasteiger partial charge in [0.05, 0.1) is 5.71 Å². The number of amides is 1. The number of hydrogen-bond acceptors (Lipinski definition) is 3. The first-order valence-corrected chi connectivity index (χ1v) is 9.79. The number of rotatable bonds is 9. The monoisotopic (exact) mass is 356 g/mol. The van der Waals surface area contributed by atoms with Crippen molar-refractivity contribution in [1.82, 2.24) is 5.43 Å². The Hall–Kier alpha value is -2.10. The summed E-state index contributed by atoms with van der Waals surface area (Å²) < 4.78 is 5.77. The van der Waals surface area contributed by atoms with Crippen LogP contribution in [0, 0.1) is 6.92 Å². The highest BCUT2D eigenvalue weighted by molar-refractivity contribution is 6.02. The third kappa shape index (κ3) is 6.01. The van der Waals surface area contributed by atoms with Crippen LogP contribution in [0.4, 0.5) is 0 Å². The van der Waals surface area contributed by atoms with Crippen molar-refractivity contribution in [3.63, 3.8) is 0 Å². The summed E-state index contributed by atoms with van der Waals surface area (Å²) in [4.78, 5) is 12.1. The van der Waals surface area contributed by atoms with Crippen LogP contribution in [-0.4, -0.2) is 18.2 Å². The van der Waals surface area contributed by atoms with Crippen molar-refractivity contribution in [3.8, 4) is 5.75 Å². The molecule has 0 heterocycles. The largest absolute Gasteiger partial charge is 0.483 e. The van der Waals surface area contributed by atoms with Gasteiger partial charge in [-0.25, -0.2) is 5.43 Å². The number of carbonyl (C=O) groups excluding carboxylic acids is 1. The number of aryl methyl sites for hydroxylation is 1. The van der Waals surface area contributed by atoms with Crippen molar-refractivity contribution in [1.29, 1.82) is 0 Å². The molecule has 1 amide bonds. The molecule has 26 heavy (non-hydrogen) atoms.